The van der Waals surface area contributed by atoms with Crippen LogP contribution in [-0.4, -0.2) is 15.8 Å². The number of para-hydroxylation sites is 2. The number of nitrogens with zero attached hydrogens (tertiary/aromatic N) is 4. The molecule has 5 heteroatoms. The fourth-order valence-electron chi connectivity index (χ4n) is 17.9. The Morgan fingerprint density at radius 3 is 0.919 bits per heavy atom. The van der Waals surface area contributed by atoms with Crippen LogP contribution >= 0.6 is 0 Å². The number of fused-ring (bicyclic) bond motifs is 10. The molecule has 4 heterocycles. The Morgan fingerprint density at radius 1 is 0.216 bits per heavy atom. The van der Waals surface area contributed by atoms with Gasteiger partial charge in [0.15, 0.2) is 0 Å². The molecule has 0 fully saturated rings. The Hall–Kier alpha value is -10.9. The van der Waals surface area contributed by atoms with Gasteiger partial charge in [0.05, 0.1) is 33.4 Å². The average Bonchev–Trinajstić information content (AvgIpc) is 0.811. The first-order valence-electron chi connectivity index (χ1n) is 40.3. The SMILES string of the molecule is CC(C)(C)c1cc2c3c(c1)N(c1cc(-c4ccc(C(C)(C)C)cc4C(C)(C)C)ccc1-c1ccccc1)c1cc(-n4c5ccccc5c5cc(C(C)(C)C)ccc54)ccc1B3c1ccc(-n3c4ccccc4c4cc(C(C)(C)C)ccc43)cc1N2c1cc(-c2ccc(C(C)(C)C)cc2C(C)(C)C)ccc1-c1ccccc1. The summed E-state index contributed by atoms with van der Waals surface area (Å²) in [7, 11) is 0. The fraction of sp³-hybridized carbons (Fsp3) is 0.264. The molecule has 0 radical (unpaired) electrons. The molecule has 0 saturated heterocycles. The Balaban J connectivity index is 1.03. The summed E-state index contributed by atoms with van der Waals surface area (Å²) in [6, 6.07) is 104. The lowest BCUT2D eigenvalue weighted by Crippen LogP contribution is -2.61. The molecule has 0 saturated carbocycles. The van der Waals surface area contributed by atoms with E-state index in [1.165, 1.54) is 133 Å². The van der Waals surface area contributed by atoms with Gasteiger partial charge < -0.3 is 18.9 Å². The molecule has 0 bridgehead atoms. The highest BCUT2D eigenvalue weighted by Crippen LogP contribution is 2.54. The molecule has 0 aliphatic carbocycles. The van der Waals surface area contributed by atoms with Crippen molar-refractivity contribution in [2.45, 2.75) is 183 Å². The minimum atomic E-state index is -0.326. The quantitative estimate of drug-likeness (QED) is 0.141. The summed E-state index contributed by atoms with van der Waals surface area (Å²) < 4.78 is 5.09. The first kappa shape index (κ1) is 73.0. The molecule has 17 rings (SSSR count). The normalized spacial score (nSPS) is 13.6. The third-order valence-corrected chi connectivity index (χ3v) is 24.2. The summed E-state index contributed by atoms with van der Waals surface area (Å²) in [5.74, 6) is 0. The Morgan fingerprint density at radius 2 is 0.550 bits per heavy atom. The number of rotatable bonds is 8. The highest BCUT2D eigenvalue weighted by Gasteiger charge is 2.46. The third kappa shape index (κ3) is 12.5. The first-order chi connectivity index (χ1) is 52.5. The van der Waals surface area contributed by atoms with Gasteiger partial charge in [0.25, 0.3) is 6.71 Å². The van der Waals surface area contributed by atoms with Crippen LogP contribution in [0.5, 0.6) is 0 Å². The van der Waals surface area contributed by atoms with Crippen molar-refractivity contribution in [3.8, 4) is 55.9 Å². The van der Waals surface area contributed by atoms with Crippen molar-refractivity contribution in [3.63, 3.8) is 0 Å². The zero-order valence-electron chi connectivity index (χ0n) is 69.3. The van der Waals surface area contributed by atoms with Crippen molar-refractivity contribution in [3.05, 3.63) is 306 Å². The van der Waals surface area contributed by atoms with Crippen molar-refractivity contribution in [2.75, 3.05) is 9.80 Å². The second-order valence-corrected chi connectivity index (χ2v) is 39.2. The maximum atomic E-state index is 2.73. The number of anilines is 6. The van der Waals surface area contributed by atoms with Crippen LogP contribution in [0.3, 0.4) is 0 Å². The second-order valence-electron chi connectivity index (χ2n) is 39.2. The summed E-state index contributed by atoms with van der Waals surface area (Å²) in [5, 5.41) is 5.01. The minimum Gasteiger partial charge on any atom is -0.311 e. The predicted octanol–water partition coefficient (Wildman–Crippen LogP) is 27.7. The lowest BCUT2D eigenvalue weighted by atomic mass is 9.33. The second kappa shape index (κ2) is 25.9. The Kier molecular flexibility index (Phi) is 17.0. The molecule has 2 aliphatic heterocycles. The van der Waals surface area contributed by atoms with Gasteiger partial charge in [-0.3, -0.25) is 0 Å². The largest absolute Gasteiger partial charge is 0.311 e. The standard InChI is InChI=1S/C106H107BN4/c1-100(2,3)70-44-54-91-83(58-70)81-36-28-30-38-89(81)108(91)75-46-52-87-95(64-75)110(93-56-68(40-48-79(93)66-32-24-22-25-33-66)77-50-42-72(102(7,8)9)60-85(77)105(16,17)18)97-62-74(104(13,14)15)63-98-99(97)107(87)88-53-47-76(109-90-39-31-29-37-82(90)84-59-71(101(4,5)6)45-55-92(84)109)65-96(88)111(98)94-57-69(41-49-80(94)67-34-26-23-27-35-67)78-51-43-73(103(10,11)12)61-86(78)106(19,20)21/h22-65H,1-21H3. The summed E-state index contributed by atoms with van der Waals surface area (Å²) in [6.45, 7) is 49.3. The van der Waals surface area contributed by atoms with Crippen LogP contribution in [0.4, 0.5) is 34.1 Å². The summed E-state index contributed by atoms with van der Waals surface area (Å²) in [4.78, 5) is 5.45. The molecular formula is C106H107BN4. The zero-order valence-corrected chi connectivity index (χ0v) is 69.3. The van der Waals surface area contributed by atoms with Gasteiger partial charge in [0.2, 0.25) is 0 Å². The molecule has 0 amide bonds. The van der Waals surface area contributed by atoms with E-state index in [0.717, 1.165) is 56.4 Å². The third-order valence-electron chi connectivity index (χ3n) is 24.2. The van der Waals surface area contributed by atoms with E-state index in [2.05, 4.69) is 431 Å². The van der Waals surface area contributed by atoms with Crippen molar-refractivity contribution in [1.82, 2.24) is 9.13 Å². The summed E-state index contributed by atoms with van der Waals surface area (Å²) in [5.41, 5.74) is 35.5. The van der Waals surface area contributed by atoms with Gasteiger partial charge in [0.1, 0.15) is 0 Å². The van der Waals surface area contributed by atoms with Crippen molar-refractivity contribution < 1.29 is 0 Å². The van der Waals surface area contributed by atoms with Gasteiger partial charge in [-0.05, 0) is 212 Å². The highest BCUT2D eigenvalue weighted by atomic mass is 15.2. The monoisotopic (exact) mass is 1450 g/mol. The van der Waals surface area contributed by atoms with Gasteiger partial charge >= 0.3 is 0 Å². The van der Waals surface area contributed by atoms with Crippen molar-refractivity contribution in [1.29, 1.82) is 0 Å². The minimum absolute atomic E-state index is 0.0402. The van der Waals surface area contributed by atoms with Crippen LogP contribution in [0.2, 0.25) is 0 Å². The number of benzene rings is 13. The fourth-order valence-corrected chi connectivity index (χ4v) is 17.9. The molecule has 13 aromatic carbocycles. The predicted molar refractivity (Wildman–Crippen MR) is 482 cm³/mol. The molecule has 2 aromatic heterocycles. The smallest absolute Gasteiger partial charge is 0.252 e. The van der Waals surface area contributed by atoms with E-state index in [1.54, 1.807) is 0 Å². The molecular weight excluding hydrogens is 1340 g/mol. The van der Waals surface area contributed by atoms with E-state index in [0.29, 0.717) is 0 Å². The van der Waals surface area contributed by atoms with E-state index in [9.17, 15) is 0 Å². The maximum Gasteiger partial charge on any atom is 0.252 e. The van der Waals surface area contributed by atoms with Crippen molar-refractivity contribution >= 4 is 101 Å². The molecule has 4 nitrogen and oxygen atoms in total. The molecule has 15 aromatic rings. The van der Waals surface area contributed by atoms with Gasteiger partial charge in [-0.25, -0.2) is 0 Å². The molecule has 554 valence electrons. The van der Waals surface area contributed by atoms with Gasteiger partial charge in [-0.2, -0.15) is 0 Å². The highest BCUT2D eigenvalue weighted by molar-refractivity contribution is 7.00. The van der Waals surface area contributed by atoms with E-state index in [4.69, 9.17) is 0 Å². The number of aromatic nitrogens is 2. The zero-order chi connectivity index (χ0) is 78.1. The number of hydrogen-bond acceptors (Lipinski definition) is 2. The molecule has 111 heavy (non-hydrogen) atoms. The molecule has 2 aliphatic rings. The van der Waals surface area contributed by atoms with E-state index in [1.807, 2.05) is 0 Å². The van der Waals surface area contributed by atoms with Crippen LogP contribution in [0.15, 0.2) is 267 Å². The van der Waals surface area contributed by atoms with Crippen LogP contribution < -0.4 is 26.2 Å². The molecule has 0 unspecified atom stereocenters. The topological polar surface area (TPSA) is 16.3 Å². The lowest BCUT2D eigenvalue weighted by molar-refractivity contribution is 0.569. The van der Waals surface area contributed by atoms with Crippen molar-refractivity contribution in [2.24, 2.45) is 0 Å². The maximum absolute atomic E-state index is 2.73. The van der Waals surface area contributed by atoms with Crippen LogP contribution in [0.25, 0.3) is 99.5 Å². The summed E-state index contributed by atoms with van der Waals surface area (Å²) >= 11 is 0. The molecule has 0 N–H and O–H groups in total. The molecule has 0 atom stereocenters. The summed E-state index contributed by atoms with van der Waals surface area (Å²) in [6.07, 6.45) is 0. The van der Waals surface area contributed by atoms with Gasteiger partial charge in [0, 0.05) is 66.8 Å². The lowest BCUT2D eigenvalue weighted by Gasteiger charge is -2.46. The van der Waals surface area contributed by atoms with Crippen LogP contribution in [-0.2, 0) is 37.9 Å². The van der Waals surface area contributed by atoms with E-state index in [-0.39, 0.29) is 44.6 Å². The Labute approximate surface area is 660 Å². The van der Waals surface area contributed by atoms with E-state index < -0.39 is 0 Å². The van der Waals surface area contributed by atoms with Gasteiger partial charge in [-0.1, -0.05) is 327 Å². The average molecular weight is 1450 g/mol. The Bertz CT molecular complexity index is 5870. The molecule has 0 spiro atoms. The van der Waals surface area contributed by atoms with Crippen LogP contribution in [0.1, 0.15) is 184 Å². The van der Waals surface area contributed by atoms with E-state index >= 15 is 0 Å². The number of hydrogen-bond donors (Lipinski definition) is 0. The van der Waals surface area contributed by atoms with Crippen LogP contribution in [0, 0.1) is 0 Å². The first-order valence-corrected chi connectivity index (χ1v) is 40.3. The van der Waals surface area contributed by atoms with Gasteiger partial charge in [-0.15, -0.1) is 0 Å².